The van der Waals surface area contributed by atoms with Gasteiger partial charge in [0, 0.05) is 0 Å². The summed E-state index contributed by atoms with van der Waals surface area (Å²) in [6.07, 6.45) is 1.43. The van der Waals surface area contributed by atoms with Crippen LogP contribution in [0.2, 0.25) is 3.67 Å². The van der Waals surface area contributed by atoms with Gasteiger partial charge >= 0.3 is 73.4 Å². The van der Waals surface area contributed by atoms with Crippen LogP contribution in [0.5, 0.6) is 0 Å². The predicted molar refractivity (Wildman–Crippen MR) is 37.6 cm³/mol. The van der Waals surface area contributed by atoms with Gasteiger partial charge in [0.05, 0.1) is 0 Å². The van der Waals surface area contributed by atoms with Gasteiger partial charge in [0.1, 0.15) is 0 Å². The van der Waals surface area contributed by atoms with E-state index in [1.807, 2.05) is 0 Å². The van der Waals surface area contributed by atoms with Gasteiger partial charge in [0.15, 0.2) is 0 Å². The molecule has 0 saturated heterocycles. The first-order chi connectivity index (χ1) is 4.31. The molecular formula is C6H11NaO2. The van der Waals surface area contributed by atoms with Crippen molar-refractivity contribution < 1.29 is 9.84 Å². The van der Waals surface area contributed by atoms with Crippen LogP contribution in [-0.4, -0.2) is 52.4 Å². The summed E-state index contributed by atoms with van der Waals surface area (Å²) >= 11 is 1.04. The van der Waals surface area contributed by atoms with Gasteiger partial charge in [-0.1, -0.05) is 0 Å². The number of hydrogen-bond donors (Lipinski definition) is 1. The van der Waals surface area contributed by atoms with E-state index in [4.69, 9.17) is 9.84 Å². The van der Waals surface area contributed by atoms with Gasteiger partial charge in [0.2, 0.25) is 0 Å². The molecule has 1 atom stereocenters. The van der Waals surface area contributed by atoms with Crippen molar-refractivity contribution in [3.05, 3.63) is 12.7 Å². The average Bonchev–Trinajstić information content (AvgIpc) is 1.89. The molecule has 48 valence electrons. The van der Waals surface area contributed by atoms with Gasteiger partial charge in [0.25, 0.3) is 0 Å². The molecule has 0 aromatic heterocycles. The maximum atomic E-state index is 8.96. The van der Waals surface area contributed by atoms with Crippen LogP contribution < -0.4 is 0 Å². The van der Waals surface area contributed by atoms with Gasteiger partial charge in [-0.25, -0.2) is 0 Å². The third-order valence-electron chi connectivity index (χ3n) is 1.02. The topological polar surface area (TPSA) is 29.5 Å². The molecule has 9 heavy (non-hydrogen) atoms. The summed E-state index contributed by atoms with van der Waals surface area (Å²) in [6.45, 7) is 4.48. The second kappa shape index (κ2) is 6.78. The molecule has 0 heterocycles. The molecular weight excluding hydrogens is 127 g/mol. The van der Waals surface area contributed by atoms with E-state index in [1.165, 1.54) is 0 Å². The first kappa shape index (κ1) is 9.66. The first-order valence-corrected chi connectivity index (χ1v) is 4.59. The Labute approximate surface area is 73.3 Å². The molecule has 0 radical (unpaired) electrons. The third kappa shape index (κ3) is 6.55. The molecule has 2 nitrogen and oxygen atoms in total. The normalized spacial score (nSPS) is 13.2. The minimum absolute atomic E-state index is 0.253. The Balaban J connectivity index is 2.96. The zero-order valence-electron chi connectivity index (χ0n) is 5.84. The van der Waals surface area contributed by atoms with E-state index in [9.17, 15) is 0 Å². The van der Waals surface area contributed by atoms with Gasteiger partial charge in [-0.2, -0.15) is 0 Å². The Morgan fingerprint density at radius 3 is 2.89 bits per heavy atom. The summed E-state index contributed by atoms with van der Waals surface area (Å²) in [5.41, 5.74) is 0. The zero-order valence-corrected chi connectivity index (χ0v) is 7.84. The Morgan fingerprint density at radius 1 is 1.78 bits per heavy atom. The standard InChI is InChI=1S/C6H11O2.Na/c1-3-4-8-5-6(2)7;/h3,6-7H,1-2,4-5H2;. The van der Waals surface area contributed by atoms with E-state index < -0.39 is 0 Å². The Morgan fingerprint density at radius 2 is 2.44 bits per heavy atom. The molecule has 0 saturated carbocycles. The molecule has 1 N–H and O–H groups in total. The van der Waals surface area contributed by atoms with Crippen molar-refractivity contribution in [1.82, 2.24) is 0 Å². The Hall–Kier alpha value is 0.660. The molecule has 0 fully saturated rings. The van der Waals surface area contributed by atoms with E-state index in [0.717, 1.165) is 31.6 Å². The fourth-order valence-corrected chi connectivity index (χ4v) is 0.641. The molecule has 0 rings (SSSR count). The quantitative estimate of drug-likeness (QED) is 0.332. The second-order valence-corrected chi connectivity index (χ2v) is 2.70. The number of hydrogen-bond acceptors (Lipinski definition) is 2. The summed E-state index contributed by atoms with van der Waals surface area (Å²) in [5.74, 6) is 0. The number of aliphatic hydroxyl groups is 1. The van der Waals surface area contributed by atoms with E-state index in [2.05, 4.69) is 6.58 Å². The van der Waals surface area contributed by atoms with E-state index >= 15 is 0 Å². The van der Waals surface area contributed by atoms with Crippen molar-refractivity contribution in [2.75, 3.05) is 13.2 Å². The molecule has 0 bridgehead atoms. The fourth-order valence-electron chi connectivity index (χ4n) is 0.405. The van der Waals surface area contributed by atoms with Crippen LogP contribution in [0.3, 0.4) is 0 Å². The van der Waals surface area contributed by atoms with Gasteiger partial charge in [-0.3, -0.25) is 0 Å². The minimum atomic E-state index is -0.253. The van der Waals surface area contributed by atoms with E-state index in [1.54, 1.807) is 6.08 Å². The van der Waals surface area contributed by atoms with E-state index in [0.29, 0.717) is 13.2 Å². The Kier molecular flexibility index (Phi) is 7.27. The van der Waals surface area contributed by atoms with Gasteiger partial charge in [-0.05, 0) is 0 Å². The molecule has 0 aromatic carbocycles. The maximum absolute atomic E-state index is 8.96. The van der Waals surface area contributed by atoms with Crippen molar-refractivity contribution in [1.29, 1.82) is 0 Å². The molecule has 0 spiro atoms. The summed E-state index contributed by atoms with van der Waals surface area (Å²) < 4.78 is 5.88. The molecule has 0 aliphatic rings. The van der Waals surface area contributed by atoms with Crippen LogP contribution >= 0.6 is 0 Å². The fraction of sp³-hybridized carbons (Fsp3) is 0.667. The van der Waals surface area contributed by atoms with Crippen molar-refractivity contribution in [2.45, 2.75) is 9.77 Å². The molecule has 1 unspecified atom stereocenters. The molecule has 0 aliphatic heterocycles. The van der Waals surface area contributed by atoms with Crippen LogP contribution in [0, 0.1) is 0 Å². The second-order valence-electron chi connectivity index (χ2n) is 1.89. The van der Waals surface area contributed by atoms with Gasteiger partial charge in [-0.15, -0.1) is 0 Å². The average molecular weight is 138 g/mol. The third-order valence-corrected chi connectivity index (χ3v) is 1.96. The Bertz CT molecular complexity index is 75.5. The molecule has 0 amide bonds. The van der Waals surface area contributed by atoms with Crippen LogP contribution in [-0.2, 0) is 4.74 Å². The predicted octanol–water partition coefficient (Wildman–Crippen LogP) is 0.137. The summed E-state index contributed by atoms with van der Waals surface area (Å²) in [5, 5.41) is 8.96. The summed E-state index contributed by atoms with van der Waals surface area (Å²) in [4.78, 5) is 0. The zero-order chi connectivity index (χ0) is 7.11. The number of ether oxygens (including phenoxy) is 1. The van der Waals surface area contributed by atoms with Crippen LogP contribution in [0.25, 0.3) is 0 Å². The molecule has 0 aliphatic carbocycles. The van der Waals surface area contributed by atoms with Gasteiger partial charge < -0.3 is 0 Å². The first-order valence-electron chi connectivity index (χ1n) is 3.18. The molecule has 3 heteroatoms. The monoisotopic (exact) mass is 138 g/mol. The van der Waals surface area contributed by atoms with E-state index in [-0.39, 0.29) is 6.10 Å². The SMILES string of the molecule is C=CCOCC(O)[CH2][Na]. The number of aliphatic hydroxyl groups excluding tert-OH is 1. The van der Waals surface area contributed by atoms with Crippen LogP contribution in [0.4, 0.5) is 0 Å². The van der Waals surface area contributed by atoms with Crippen molar-refractivity contribution in [3.63, 3.8) is 0 Å². The van der Waals surface area contributed by atoms with Crippen molar-refractivity contribution in [3.8, 4) is 0 Å². The molecule has 0 aromatic rings. The van der Waals surface area contributed by atoms with Crippen molar-refractivity contribution in [2.24, 2.45) is 0 Å². The van der Waals surface area contributed by atoms with Crippen molar-refractivity contribution >= 4 is 27.9 Å². The van der Waals surface area contributed by atoms with Crippen LogP contribution in [0.15, 0.2) is 12.7 Å². The number of rotatable bonds is 5. The van der Waals surface area contributed by atoms with Crippen LogP contribution in [0.1, 0.15) is 0 Å². The summed E-state index contributed by atoms with van der Waals surface area (Å²) in [6, 6.07) is 0. The summed E-state index contributed by atoms with van der Waals surface area (Å²) in [7, 11) is 0.